The number of nitrogens with one attached hydrogen (secondary N) is 3. The smallest absolute Gasteiger partial charge is 0.332 e. The number of rotatable bonds is 6. The Morgan fingerprint density at radius 3 is 2.06 bits per heavy atom. The van der Waals surface area contributed by atoms with E-state index in [9.17, 15) is 22.4 Å². The summed E-state index contributed by atoms with van der Waals surface area (Å²) in [6, 6.07) is 15.9. The van der Waals surface area contributed by atoms with Crippen molar-refractivity contribution in [3.8, 4) is 0 Å². The fourth-order valence-corrected chi connectivity index (χ4v) is 3.53. The summed E-state index contributed by atoms with van der Waals surface area (Å²) >= 11 is 5.25. The Morgan fingerprint density at radius 1 is 0.882 bits per heavy atom. The molecule has 0 unspecified atom stereocenters. The van der Waals surface area contributed by atoms with Crippen LogP contribution >= 0.6 is 12.2 Å². The standard InChI is InChI=1S/C25H23F4N3OS/c1-15(2)11-16-12-17(25(27,28)29)14-20(13-16)32-24(34)31-19-9-7-18(8-10-19)30-23(33)21-5-3-4-6-22(21)26/h3-10,12-15H,11H2,1-2H3,(H,30,33)(H2,31,32,34). The molecule has 0 fully saturated rings. The molecule has 0 aromatic heterocycles. The SMILES string of the molecule is CC(C)Cc1cc(NC(=S)Nc2ccc(NC(=O)c3ccccc3F)cc2)cc(C(F)(F)F)c1. The highest BCUT2D eigenvalue weighted by molar-refractivity contribution is 7.80. The van der Waals surface area contributed by atoms with E-state index in [2.05, 4.69) is 16.0 Å². The molecule has 34 heavy (non-hydrogen) atoms. The van der Waals surface area contributed by atoms with E-state index in [1.165, 1.54) is 18.2 Å². The molecular weight excluding hydrogens is 466 g/mol. The van der Waals surface area contributed by atoms with Crippen LogP contribution < -0.4 is 16.0 Å². The summed E-state index contributed by atoms with van der Waals surface area (Å²) in [4.78, 5) is 12.2. The molecule has 0 spiro atoms. The lowest BCUT2D eigenvalue weighted by molar-refractivity contribution is -0.137. The summed E-state index contributed by atoms with van der Waals surface area (Å²) in [5, 5.41) is 8.41. The molecule has 4 nitrogen and oxygen atoms in total. The van der Waals surface area contributed by atoms with Gasteiger partial charge in [-0.05, 0) is 84.7 Å². The number of alkyl halides is 3. The van der Waals surface area contributed by atoms with Crippen molar-refractivity contribution < 1.29 is 22.4 Å². The Labute approximate surface area is 200 Å². The van der Waals surface area contributed by atoms with Crippen LogP contribution in [-0.4, -0.2) is 11.0 Å². The molecule has 0 radical (unpaired) electrons. The van der Waals surface area contributed by atoms with Crippen LogP contribution in [0, 0.1) is 11.7 Å². The van der Waals surface area contributed by atoms with E-state index in [-0.39, 0.29) is 22.3 Å². The first kappa shape index (κ1) is 25.2. The average molecular weight is 490 g/mol. The van der Waals surface area contributed by atoms with E-state index < -0.39 is 23.5 Å². The van der Waals surface area contributed by atoms with Gasteiger partial charge in [-0.2, -0.15) is 13.2 Å². The largest absolute Gasteiger partial charge is 0.416 e. The van der Waals surface area contributed by atoms with Crippen molar-refractivity contribution in [1.29, 1.82) is 0 Å². The second-order valence-corrected chi connectivity index (χ2v) is 8.51. The Kier molecular flexibility index (Phi) is 7.88. The third-order valence-corrected chi connectivity index (χ3v) is 4.95. The maximum atomic E-state index is 13.8. The fraction of sp³-hybridized carbons (Fsp3) is 0.200. The van der Waals surface area contributed by atoms with Crippen molar-refractivity contribution in [3.63, 3.8) is 0 Å². The Morgan fingerprint density at radius 2 is 1.47 bits per heavy atom. The Hall–Kier alpha value is -3.46. The molecule has 1 amide bonds. The molecule has 0 aliphatic rings. The summed E-state index contributed by atoms with van der Waals surface area (Å²) in [5.41, 5.74) is 0.963. The van der Waals surface area contributed by atoms with E-state index in [0.29, 0.717) is 23.4 Å². The number of thiocarbonyl (C=S) groups is 1. The third kappa shape index (κ3) is 7.02. The Bertz CT molecular complexity index is 1180. The average Bonchev–Trinajstić information content (AvgIpc) is 2.74. The molecule has 0 atom stereocenters. The molecule has 0 saturated heterocycles. The number of hydrogen-bond acceptors (Lipinski definition) is 2. The molecule has 0 bridgehead atoms. The molecule has 0 saturated carbocycles. The second kappa shape index (κ2) is 10.6. The number of carbonyl (C=O) groups is 1. The minimum absolute atomic E-state index is 0.0759. The highest BCUT2D eigenvalue weighted by Gasteiger charge is 2.31. The topological polar surface area (TPSA) is 53.2 Å². The van der Waals surface area contributed by atoms with Gasteiger partial charge >= 0.3 is 6.18 Å². The number of halogens is 4. The maximum Gasteiger partial charge on any atom is 0.416 e. The van der Waals surface area contributed by atoms with E-state index in [1.54, 1.807) is 36.4 Å². The minimum Gasteiger partial charge on any atom is -0.332 e. The first-order chi connectivity index (χ1) is 16.0. The first-order valence-electron chi connectivity index (χ1n) is 10.5. The predicted octanol–water partition coefficient (Wildman–Crippen LogP) is 7.10. The van der Waals surface area contributed by atoms with Gasteiger partial charge in [-0.15, -0.1) is 0 Å². The highest BCUT2D eigenvalue weighted by atomic mass is 32.1. The second-order valence-electron chi connectivity index (χ2n) is 8.10. The lowest BCUT2D eigenvalue weighted by atomic mass is 10.00. The van der Waals surface area contributed by atoms with Crippen LogP contribution in [-0.2, 0) is 12.6 Å². The summed E-state index contributed by atoms with van der Waals surface area (Å²) in [5.74, 6) is -1.02. The molecule has 0 aliphatic carbocycles. The highest BCUT2D eigenvalue weighted by Crippen LogP contribution is 2.32. The van der Waals surface area contributed by atoms with Gasteiger partial charge in [0, 0.05) is 17.1 Å². The summed E-state index contributed by atoms with van der Waals surface area (Å²) in [7, 11) is 0. The van der Waals surface area contributed by atoms with Gasteiger partial charge in [0.1, 0.15) is 5.82 Å². The normalized spacial score (nSPS) is 11.3. The maximum absolute atomic E-state index is 13.8. The number of hydrogen-bond donors (Lipinski definition) is 3. The Balaban J connectivity index is 1.66. The van der Waals surface area contributed by atoms with E-state index >= 15 is 0 Å². The van der Waals surface area contributed by atoms with Crippen molar-refractivity contribution in [2.45, 2.75) is 26.4 Å². The van der Waals surface area contributed by atoms with Crippen molar-refractivity contribution in [2.75, 3.05) is 16.0 Å². The van der Waals surface area contributed by atoms with Gasteiger partial charge in [-0.3, -0.25) is 4.79 Å². The third-order valence-electron chi connectivity index (χ3n) is 4.74. The zero-order valence-electron chi connectivity index (χ0n) is 18.5. The van der Waals surface area contributed by atoms with Crippen molar-refractivity contribution in [3.05, 3.63) is 89.2 Å². The van der Waals surface area contributed by atoms with Gasteiger partial charge in [-0.25, -0.2) is 4.39 Å². The van der Waals surface area contributed by atoms with E-state index in [1.807, 2.05) is 13.8 Å². The molecule has 3 aromatic carbocycles. The fourth-order valence-electron chi connectivity index (χ4n) is 3.29. The van der Waals surface area contributed by atoms with Gasteiger partial charge in [0.15, 0.2) is 5.11 Å². The van der Waals surface area contributed by atoms with Crippen LogP contribution in [0.5, 0.6) is 0 Å². The van der Waals surface area contributed by atoms with Crippen LogP contribution in [0.1, 0.15) is 35.3 Å². The van der Waals surface area contributed by atoms with E-state index in [4.69, 9.17) is 12.2 Å². The summed E-state index contributed by atoms with van der Waals surface area (Å²) in [6.07, 6.45) is -3.97. The lowest BCUT2D eigenvalue weighted by Crippen LogP contribution is -2.20. The molecule has 178 valence electrons. The molecular formula is C25H23F4N3OS. The van der Waals surface area contributed by atoms with Gasteiger partial charge in [-0.1, -0.05) is 26.0 Å². The predicted molar refractivity (Wildman–Crippen MR) is 131 cm³/mol. The summed E-state index contributed by atoms with van der Waals surface area (Å²) in [6.45, 7) is 3.87. The molecule has 3 N–H and O–H groups in total. The zero-order valence-corrected chi connectivity index (χ0v) is 19.3. The van der Waals surface area contributed by atoms with Crippen LogP contribution in [0.4, 0.5) is 34.6 Å². The van der Waals surface area contributed by atoms with Crippen LogP contribution in [0.15, 0.2) is 66.7 Å². The first-order valence-corrected chi connectivity index (χ1v) is 10.9. The number of amides is 1. The minimum atomic E-state index is -4.47. The summed E-state index contributed by atoms with van der Waals surface area (Å²) < 4.78 is 53.7. The molecule has 0 aliphatic heterocycles. The molecule has 0 heterocycles. The number of benzene rings is 3. The van der Waals surface area contributed by atoms with Gasteiger partial charge in [0.05, 0.1) is 11.1 Å². The monoisotopic (exact) mass is 489 g/mol. The molecule has 3 aromatic rings. The quantitative estimate of drug-likeness (QED) is 0.255. The molecule has 3 rings (SSSR count). The van der Waals surface area contributed by atoms with E-state index in [0.717, 1.165) is 12.1 Å². The van der Waals surface area contributed by atoms with Crippen molar-refractivity contribution in [2.24, 2.45) is 5.92 Å². The van der Waals surface area contributed by atoms with Gasteiger partial charge < -0.3 is 16.0 Å². The lowest BCUT2D eigenvalue weighted by Gasteiger charge is -2.16. The van der Waals surface area contributed by atoms with Gasteiger partial charge in [0.2, 0.25) is 0 Å². The van der Waals surface area contributed by atoms with Crippen LogP contribution in [0.3, 0.4) is 0 Å². The zero-order chi connectivity index (χ0) is 24.9. The van der Waals surface area contributed by atoms with Crippen LogP contribution in [0.25, 0.3) is 0 Å². The van der Waals surface area contributed by atoms with Gasteiger partial charge in [0.25, 0.3) is 5.91 Å². The molecule has 9 heteroatoms. The van der Waals surface area contributed by atoms with Crippen molar-refractivity contribution in [1.82, 2.24) is 0 Å². The van der Waals surface area contributed by atoms with Crippen molar-refractivity contribution >= 4 is 40.3 Å². The van der Waals surface area contributed by atoms with Crippen LogP contribution in [0.2, 0.25) is 0 Å². The number of carbonyl (C=O) groups excluding carboxylic acids is 1. The number of anilines is 3.